The van der Waals surface area contributed by atoms with Crippen molar-refractivity contribution >= 4 is 5.91 Å². The molecule has 3 rings (SSSR count). The van der Waals surface area contributed by atoms with Crippen LogP contribution in [0.4, 0.5) is 0 Å². The van der Waals surface area contributed by atoms with Gasteiger partial charge in [0.1, 0.15) is 5.69 Å². The van der Waals surface area contributed by atoms with E-state index in [2.05, 4.69) is 15.7 Å². The van der Waals surface area contributed by atoms with Crippen LogP contribution in [0.15, 0.2) is 6.07 Å². The molecule has 0 spiro atoms. The quantitative estimate of drug-likeness (QED) is 0.707. The molecule has 1 aliphatic heterocycles. The molecule has 1 aromatic rings. The predicted molar refractivity (Wildman–Crippen MR) is 85.1 cm³/mol. The highest BCUT2D eigenvalue weighted by Crippen LogP contribution is 2.20. The predicted octanol–water partition coefficient (Wildman–Crippen LogP) is 0.426. The Bertz CT molecular complexity index is 502. The van der Waals surface area contributed by atoms with Crippen molar-refractivity contribution in [1.29, 1.82) is 0 Å². The second-order valence-electron chi connectivity index (χ2n) is 6.38. The largest absolute Gasteiger partial charge is 0.389 e. The number of aliphatic hydroxyl groups excluding tert-OH is 1. The molecule has 2 heterocycles. The van der Waals surface area contributed by atoms with Crippen LogP contribution < -0.4 is 10.6 Å². The van der Waals surface area contributed by atoms with Crippen LogP contribution in [0.2, 0.25) is 0 Å². The van der Waals surface area contributed by atoms with Crippen molar-refractivity contribution < 1.29 is 14.6 Å². The zero-order chi connectivity index (χ0) is 16.1. The lowest BCUT2D eigenvalue weighted by molar-refractivity contribution is -0.0225. The van der Waals surface area contributed by atoms with E-state index >= 15 is 0 Å². The Hall–Kier alpha value is -1.44. The maximum atomic E-state index is 12.1. The van der Waals surface area contributed by atoms with E-state index in [1.54, 1.807) is 6.07 Å². The second-order valence-corrected chi connectivity index (χ2v) is 6.38. The lowest BCUT2D eigenvalue weighted by atomic mass is 9.98. The molecular weight excluding hydrogens is 296 g/mol. The number of aliphatic hydroxyl groups is 1. The van der Waals surface area contributed by atoms with Crippen molar-refractivity contribution in [3.05, 3.63) is 17.5 Å². The van der Waals surface area contributed by atoms with Crippen LogP contribution in [-0.4, -0.2) is 52.7 Å². The van der Waals surface area contributed by atoms with Gasteiger partial charge in [0, 0.05) is 19.6 Å². The van der Waals surface area contributed by atoms with Gasteiger partial charge in [-0.2, -0.15) is 5.10 Å². The van der Waals surface area contributed by atoms with E-state index in [1.165, 1.54) is 19.3 Å². The van der Waals surface area contributed by atoms with Gasteiger partial charge in [-0.3, -0.25) is 9.48 Å². The summed E-state index contributed by atoms with van der Waals surface area (Å²) >= 11 is 0. The lowest BCUT2D eigenvalue weighted by Gasteiger charge is -2.23. The standard InChI is InChI=1S/C16H26N4O3/c21-13(11-23-14-4-2-1-3-5-14)10-18-16(22)15-8-12-9-17-6-7-20(12)19-15/h8,13-14,17,21H,1-7,9-11H2,(H,18,22)/t13-/m1/s1. The molecule has 7 heteroatoms. The fraction of sp³-hybridized carbons (Fsp3) is 0.750. The number of fused-ring (bicyclic) bond motifs is 1. The van der Waals surface area contributed by atoms with Crippen LogP contribution in [-0.2, 0) is 17.8 Å². The Morgan fingerprint density at radius 3 is 3.09 bits per heavy atom. The Kier molecular flexibility index (Phi) is 5.64. The third kappa shape index (κ3) is 4.53. The monoisotopic (exact) mass is 322 g/mol. The third-order valence-corrected chi connectivity index (χ3v) is 4.48. The molecule has 1 amide bonds. The van der Waals surface area contributed by atoms with E-state index in [4.69, 9.17) is 4.74 Å². The number of hydrogen-bond donors (Lipinski definition) is 3. The topological polar surface area (TPSA) is 88.4 Å². The molecule has 1 saturated carbocycles. The summed E-state index contributed by atoms with van der Waals surface area (Å²) in [6.45, 7) is 2.84. The van der Waals surface area contributed by atoms with Gasteiger partial charge in [0.15, 0.2) is 0 Å². The van der Waals surface area contributed by atoms with Crippen molar-refractivity contribution in [3.63, 3.8) is 0 Å². The zero-order valence-electron chi connectivity index (χ0n) is 13.5. The summed E-state index contributed by atoms with van der Waals surface area (Å²) in [7, 11) is 0. The average Bonchev–Trinajstić information content (AvgIpc) is 3.03. The molecule has 7 nitrogen and oxygen atoms in total. The number of ether oxygens (including phenoxy) is 1. The molecule has 2 aliphatic rings. The Morgan fingerprint density at radius 1 is 1.48 bits per heavy atom. The van der Waals surface area contributed by atoms with E-state index < -0.39 is 6.10 Å². The van der Waals surface area contributed by atoms with E-state index in [-0.39, 0.29) is 25.2 Å². The average molecular weight is 322 g/mol. The number of nitrogens with zero attached hydrogens (tertiary/aromatic N) is 2. The zero-order valence-corrected chi connectivity index (χ0v) is 13.5. The minimum absolute atomic E-state index is 0.187. The van der Waals surface area contributed by atoms with Crippen LogP contribution >= 0.6 is 0 Å². The first-order valence-electron chi connectivity index (χ1n) is 8.57. The number of carbonyl (C=O) groups is 1. The van der Waals surface area contributed by atoms with Gasteiger partial charge in [-0.05, 0) is 18.9 Å². The van der Waals surface area contributed by atoms with Crippen molar-refractivity contribution in [2.45, 2.75) is 57.4 Å². The summed E-state index contributed by atoms with van der Waals surface area (Å²) in [5.41, 5.74) is 1.42. The number of hydrogen-bond acceptors (Lipinski definition) is 5. The highest BCUT2D eigenvalue weighted by Gasteiger charge is 2.18. The smallest absolute Gasteiger partial charge is 0.271 e. The van der Waals surface area contributed by atoms with Crippen LogP contribution in [0.5, 0.6) is 0 Å². The van der Waals surface area contributed by atoms with Gasteiger partial charge < -0.3 is 20.5 Å². The van der Waals surface area contributed by atoms with E-state index in [0.29, 0.717) is 5.69 Å². The number of rotatable bonds is 6. The van der Waals surface area contributed by atoms with Crippen LogP contribution in [0.1, 0.15) is 48.3 Å². The van der Waals surface area contributed by atoms with Gasteiger partial charge in [0.25, 0.3) is 5.91 Å². The Balaban J connectivity index is 1.40. The van der Waals surface area contributed by atoms with Gasteiger partial charge in [0.2, 0.25) is 0 Å². The molecule has 1 aromatic heterocycles. The minimum atomic E-state index is -0.681. The molecule has 23 heavy (non-hydrogen) atoms. The summed E-state index contributed by atoms with van der Waals surface area (Å²) in [6.07, 6.45) is 5.43. The van der Waals surface area contributed by atoms with Crippen molar-refractivity contribution in [2.24, 2.45) is 0 Å². The van der Waals surface area contributed by atoms with Crippen molar-refractivity contribution in [2.75, 3.05) is 19.7 Å². The van der Waals surface area contributed by atoms with Crippen LogP contribution in [0, 0.1) is 0 Å². The maximum Gasteiger partial charge on any atom is 0.271 e. The molecule has 1 atom stereocenters. The SMILES string of the molecule is O=C(NC[C@@H](O)COC1CCCCC1)c1cc2n(n1)CCNC2. The third-order valence-electron chi connectivity index (χ3n) is 4.48. The number of carbonyl (C=O) groups excluding carboxylic acids is 1. The van der Waals surface area contributed by atoms with Gasteiger partial charge in [-0.25, -0.2) is 0 Å². The van der Waals surface area contributed by atoms with Crippen molar-refractivity contribution in [1.82, 2.24) is 20.4 Å². The highest BCUT2D eigenvalue weighted by atomic mass is 16.5. The van der Waals surface area contributed by atoms with Gasteiger partial charge in [-0.1, -0.05) is 19.3 Å². The summed E-state index contributed by atoms with van der Waals surface area (Å²) in [4.78, 5) is 12.1. The molecule has 0 aromatic carbocycles. The highest BCUT2D eigenvalue weighted by molar-refractivity contribution is 5.92. The molecule has 0 radical (unpaired) electrons. The molecular formula is C16H26N4O3. The van der Waals surface area contributed by atoms with Crippen molar-refractivity contribution in [3.8, 4) is 0 Å². The normalized spacial score (nSPS) is 20.0. The number of nitrogens with one attached hydrogen (secondary N) is 2. The van der Waals surface area contributed by atoms with E-state index in [9.17, 15) is 9.90 Å². The first-order valence-corrected chi connectivity index (χ1v) is 8.57. The first kappa shape index (κ1) is 16.4. The number of aromatic nitrogens is 2. The molecule has 3 N–H and O–H groups in total. The summed E-state index contributed by atoms with van der Waals surface area (Å²) in [6, 6.07) is 1.80. The molecule has 1 aliphatic carbocycles. The summed E-state index contributed by atoms with van der Waals surface area (Å²) < 4.78 is 7.57. The fourth-order valence-electron chi connectivity index (χ4n) is 3.14. The summed E-state index contributed by atoms with van der Waals surface area (Å²) in [5.74, 6) is -0.247. The molecule has 1 fully saturated rings. The van der Waals surface area contributed by atoms with Gasteiger partial charge in [-0.15, -0.1) is 0 Å². The molecule has 0 unspecified atom stereocenters. The molecule has 128 valence electrons. The van der Waals surface area contributed by atoms with Gasteiger partial charge >= 0.3 is 0 Å². The minimum Gasteiger partial charge on any atom is -0.389 e. The van der Waals surface area contributed by atoms with Crippen LogP contribution in [0.25, 0.3) is 0 Å². The lowest BCUT2D eigenvalue weighted by Crippen LogP contribution is -2.36. The molecule has 0 saturated heterocycles. The molecule has 0 bridgehead atoms. The maximum absolute atomic E-state index is 12.1. The number of amides is 1. The van der Waals surface area contributed by atoms with E-state index in [0.717, 1.165) is 38.2 Å². The fourth-order valence-corrected chi connectivity index (χ4v) is 3.14. The second kappa shape index (κ2) is 7.90. The summed E-state index contributed by atoms with van der Waals surface area (Å²) in [5, 5.41) is 20.2. The van der Waals surface area contributed by atoms with E-state index in [1.807, 2.05) is 4.68 Å². The first-order chi connectivity index (χ1) is 11.2. The Morgan fingerprint density at radius 2 is 2.30 bits per heavy atom. The van der Waals surface area contributed by atoms with Crippen LogP contribution in [0.3, 0.4) is 0 Å². The Labute approximate surface area is 136 Å². The van der Waals surface area contributed by atoms with Gasteiger partial charge in [0.05, 0.1) is 31.1 Å².